The molecule has 0 spiro atoms. The molecular weight excluding hydrogens is 220 g/mol. The van der Waals surface area contributed by atoms with Crippen LogP contribution in [0.15, 0.2) is 0 Å². The second-order valence-electron chi connectivity index (χ2n) is 6.92. The largest absolute Gasteiger partial charge is 0.312 e. The molecule has 0 bridgehead atoms. The molecule has 2 fully saturated rings. The lowest BCUT2D eigenvalue weighted by atomic mass is 9.83. The van der Waals surface area contributed by atoms with Gasteiger partial charge in [0.05, 0.1) is 0 Å². The van der Waals surface area contributed by atoms with Gasteiger partial charge in [-0.25, -0.2) is 0 Å². The van der Waals surface area contributed by atoms with E-state index in [1.54, 1.807) is 0 Å². The van der Waals surface area contributed by atoms with E-state index in [1.807, 2.05) is 0 Å². The fourth-order valence-electron chi connectivity index (χ4n) is 3.58. The third-order valence-electron chi connectivity index (χ3n) is 5.37. The summed E-state index contributed by atoms with van der Waals surface area (Å²) in [5.74, 6) is 0.937. The van der Waals surface area contributed by atoms with Crippen molar-refractivity contribution in [3.8, 4) is 0 Å². The molecule has 1 unspecified atom stereocenters. The smallest absolute Gasteiger partial charge is 0.0223 e. The van der Waals surface area contributed by atoms with E-state index < -0.39 is 0 Å². The average molecular weight is 252 g/mol. The maximum absolute atomic E-state index is 3.84. The third-order valence-corrected chi connectivity index (χ3v) is 5.37. The molecule has 106 valence electrons. The van der Waals surface area contributed by atoms with Gasteiger partial charge in [0.2, 0.25) is 0 Å². The lowest BCUT2D eigenvalue weighted by molar-refractivity contribution is 0.0985. The highest BCUT2D eigenvalue weighted by molar-refractivity contribution is 4.89. The molecule has 1 N–H and O–H groups in total. The molecule has 1 saturated carbocycles. The van der Waals surface area contributed by atoms with Crippen LogP contribution in [-0.2, 0) is 0 Å². The third kappa shape index (κ3) is 3.48. The Labute approximate surface area is 114 Å². The Morgan fingerprint density at radius 2 is 1.83 bits per heavy atom. The first-order valence-electron chi connectivity index (χ1n) is 8.12. The Bertz CT molecular complexity index is 243. The second-order valence-corrected chi connectivity index (χ2v) is 6.92. The minimum Gasteiger partial charge on any atom is -0.312 e. The summed E-state index contributed by atoms with van der Waals surface area (Å²) in [5, 5.41) is 3.84. The van der Waals surface area contributed by atoms with Crippen molar-refractivity contribution in [1.29, 1.82) is 0 Å². The van der Waals surface area contributed by atoms with Crippen molar-refractivity contribution in [2.75, 3.05) is 19.6 Å². The molecule has 1 aliphatic carbocycles. The van der Waals surface area contributed by atoms with Gasteiger partial charge in [-0.15, -0.1) is 0 Å². The van der Waals surface area contributed by atoms with Gasteiger partial charge >= 0.3 is 0 Å². The van der Waals surface area contributed by atoms with E-state index in [9.17, 15) is 0 Å². The van der Waals surface area contributed by atoms with Gasteiger partial charge in [0.1, 0.15) is 0 Å². The first-order valence-corrected chi connectivity index (χ1v) is 8.12. The minimum atomic E-state index is 0.374. The van der Waals surface area contributed by atoms with E-state index in [4.69, 9.17) is 0 Å². The van der Waals surface area contributed by atoms with Crippen LogP contribution in [0.5, 0.6) is 0 Å². The molecule has 2 rings (SSSR count). The van der Waals surface area contributed by atoms with E-state index >= 15 is 0 Å². The quantitative estimate of drug-likeness (QED) is 0.828. The van der Waals surface area contributed by atoms with Crippen molar-refractivity contribution in [1.82, 2.24) is 10.2 Å². The van der Waals surface area contributed by atoms with Gasteiger partial charge in [-0.1, -0.05) is 26.2 Å². The second kappa shape index (κ2) is 6.38. The van der Waals surface area contributed by atoms with Crippen LogP contribution in [0.2, 0.25) is 0 Å². The normalized spacial score (nSPS) is 29.2. The maximum atomic E-state index is 3.84. The zero-order valence-corrected chi connectivity index (χ0v) is 12.7. The van der Waals surface area contributed by atoms with Gasteiger partial charge in [0.25, 0.3) is 0 Å². The first kappa shape index (κ1) is 14.3. The zero-order valence-electron chi connectivity index (χ0n) is 12.7. The monoisotopic (exact) mass is 252 g/mol. The molecule has 0 radical (unpaired) electrons. The van der Waals surface area contributed by atoms with Crippen LogP contribution in [0.3, 0.4) is 0 Å². The van der Waals surface area contributed by atoms with E-state index in [2.05, 4.69) is 31.0 Å². The van der Waals surface area contributed by atoms with E-state index in [0.29, 0.717) is 5.54 Å². The van der Waals surface area contributed by atoms with Gasteiger partial charge in [0.15, 0.2) is 0 Å². The zero-order chi connectivity index (χ0) is 13.0. The highest BCUT2D eigenvalue weighted by Crippen LogP contribution is 2.29. The van der Waals surface area contributed by atoms with Crippen LogP contribution >= 0.6 is 0 Å². The Morgan fingerprint density at radius 3 is 2.50 bits per heavy atom. The molecule has 2 heteroatoms. The molecule has 1 atom stereocenters. The summed E-state index contributed by atoms with van der Waals surface area (Å²) in [6, 6.07) is 0.749. The van der Waals surface area contributed by atoms with Gasteiger partial charge < -0.3 is 5.32 Å². The maximum Gasteiger partial charge on any atom is 0.0223 e. The standard InChI is InChI=1S/C16H32N2/c1-4-16(2,3)18-12-8-11-17-15(13-18)14-9-6-5-7-10-14/h14-15,17H,4-13H2,1-3H3. The SMILES string of the molecule is CCC(C)(C)N1CCCNC(C2CCCCC2)C1. The summed E-state index contributed by atoms with van der Waals surface area (Å²) in [5.41, 5.74) is 0.374. The number of nitrogens with one attached hydrogen (secondary N) is 1. The van der Waals surface area contributed by atoms with Crippen molar-refractivity contribution >= 4 is 0 Å². The lowest BCUT2D eigenvalue weighted by Gasteiger charge is -2.40. The highest BCUT2D eigenvalue weighted by Gasteiger charge is 2.32. The van der Waals surface area contributed by atoms with Crippen molar-refractivity contribution in [3.05, 3.63) is 0 Å². The molecule has 2 nitrogen and oxygen atoms in total. The number of rotatable bonds is 3. The van der Waals surface area contributed by atoms with Crippen molar-refractivity contribution in [3.63, 3.8) is 0 Å². The number of hydrogen-bond acceptors (Lipinski definition) is 2. The molecule has 0 amide bonds. The predicted octanol–water partition coefficient (Wildman–Crippen LogP) is 3.42. The lowest BCUT2D eigenvalue weighted by Crippen LogP contribution is -2.50. The Kier molecular flexibility index (Phi) is 5.08. The van der Waals surface area contributed by atoms with Crippen LogP contribution < -0.4 is 5.32 Å². The predicted molar refractivity (Wildman–Crippen MR) is 78.9 cm³/mol. The van der Waals surface area contributed by atoms with Gasteiger partial charge in [-0.05, 0) is 58.5 Å². The molecule has 0 aromatic carbocycles. The van der Waals surface area contributed by atoms with E-state index in [-0.39, 0.29) is 0 Å². The average Bonchev–Trinajstić information content (AvgIpc) is 2.66. The molecule has 2 aliphatic rings. The van der Waals surface area contributed by atoms with Crippen molar-refractivity contribution < 1.29 is 0 Å². The van der Waals surface area contributed by atoms with Gasteiger partial charge in [0, 0.05) is 18.1 Å². The Morgan fingerprint density at radius 1 is 1.11 bits per heavy atom. The fraction of sp³-hybridized carbons (Fsp3) is 1.00. The number of hydrogen-bond donors (Lipinski definition) is 1. The summed E-state index contributed by atoms with van der Waals surface area (Å²) in [7, 11) is 0. The van der Waals surface area contributed by atoms with Crippen LogP contribution in [0.1, 0.15) is 65.7 Å². The molecule has 18 heavy (non-hydrogen) atoms. The molecular formula is C16H32N2. The molecule has 1 heterocycles. The Hall–Kier alpha value is -0.0800. The Balaban J connectivity index is 1.98. The van der Waals surface area contributed by atoms with Crippen LogP contribution in [0.4, 0.5) is 0 Å². The summed E-state index contributed by atoms with van der Waals surface area (Å²) >= 11 is 0. The van der Waals surface area contributed by atoms with Crippen molar-refractivity contribution in [2.24, 2.45) is 5.92 Å². The molecule has 1 aliphatic heterocycles. The van der Waals surface area contributed by atoms with E-state index in [0.717, 1.165) is 12.0 Å². The summed E-state index contributed by atoms with van der Waals surface area (Å²) in [6.45, 7) is 10.9. The van der Waals surface area contributed by atoms with E-state index in [1.165, 1.54) is 64.6 Å². The van der Waals surface area contributed by atoms with Gasteiger partial charge in [-0.2, -0.15) is 0 Å². The van der Waals surface area contributed by atoms with Crippen LogP contribution in [0, 0.1) is 5.92 Å². The fourth-order valence-corrected chi connectivity index (χ4v) is 3.58. The van der Waals surface area contributed by atoms with Gasteiger partial charge in [-0.3, -0.25) is 4.90 Å². The summed E-state index contributed by atoms with van der Waals surface area (Å²) in [4.78, 5) is 2.74. The van der Waals surface area contributed by atoms with Crippen LogP contribution in [0.25, 0.3) is 0 Å². The molecule has 0 aromatic heterocycles. The topological polar surface area (TPSA) is 15.3 Å². The summed E-state index contributed by atoms with van der Waals surface area (Å²) < 4.78 is 0. The molecule has 0 aromatic rings. The first-order chi connectivity index (χ1) is 8.63. The number of nitrogens with zero attached hydrogens (tertiary/aromatic N) is 1. The molecule has 1 saturated heterocycles. The van der Waals surface area contributed by atoms with Crippen molar-refractivity contribution in [2.45, 2.75) is 77.3 Å². The minimum absolute atomic E-state index is 0.374. The summed E-state index contributed by atoms with van der Waals surface area (Å²) in [6.07, 6.45) is 9.86. The van der Waals surface area contributed by atoms with Crippen LogP contribution in [-0.4, -0.2) is 36.1 Å². The highest BCUT2D eigenvalue weighted by atomic mass is 15.2.